The molecule has 0 aromatic heterocycles. The second-order valence-electron chi connectivity index (χ2n) is 7.57. The van der Waals surface area contributed by atoms with E-state index in [9.17, 15) is 13.2 Å². The van der Waals surface area contributed by atoms with Gasteiger partial charge in [-0.2, -0.15) is 0 Å². The standard InChI is InChI=1S/C26H17Cl3N2O4S2/c27-17-6-10-20(11-7-17)37(33,34)21-12-8-19(9-13-21)35-24-22(28)14-18(15-23(24)29)30-26(36)31-25(32)16-4-2-1-3-5-16/h1-15H,(H2,30,31,32,36). The van der Waals surface area contributed by atoms with Gasteiger partial charge in [-0.25, -0.2) is 8.42 Å². The molecule has 0 aliphatic rings. The number of carbonyl (C=O) groups excluding carboxylic acids is 1. The molecule has 0 aliphatic heterocycles. The minimum Gasteiger partial charge on any atom is -0.454 e. The average molecular weight is 592 g/mol. The molecule has 0 spiro atoms. The van der Waals surface area contributed by atoms with Crippen LogP contribution < -0.4 is 15.4 Å². The third kappa shape index (κ3) is 6.60. The third-order valence-corrected chi connectivity index (χ3v) is 7.80. The molecule has 6 nitrogen and oxygen atoms in total. The van der Waals surface area contributed by atoms with Gasteiger partial charge in [-0.05, 0) is 85.0 Å². The topological polar surface area (TPSA) is 84.5 Å². The van der Waals surface area contributed by atoms with E-state index in [0.29, 0.717) is 22.0 Å². The van der Waals surface area contributed by atoms with E-state index in [2.05, 4.69) is 10.6 Å². The first-order chi connectivity index (χ1) is 17.6. The maximum Gasteiger partial charge on any atom is 0.257 e. The number of rotatable bonds is 6. The fraction of sp³-hybridized carbons (Fsp3) is 0. The lowest BCUT2D eigenvalue weighted by atomic mass is 10.2. The summed E-state index contributed by atoms with van der Waals surface area (Å²) in [5.41, 5.74) is 0.892. The Balaban J connectivity index is 1.45. The molecule has 1 amide bonds. The zero-order valence-electron chi connectivity index (χ0n) is 18.7. The van der Waals surface area contributed by atoms with Gasteiger partial charge in [-0.1, -0.05) is 53.0 Å². The van der Waals surface area contributed by atoms with Crippen LogP contribution in [0.5, 0.6) is 11.5 Å². The first-order valence-corrected chi connectivity index (χ1v) is 13.6. The summed E-state index contributed by atoms with van der Waals surface area (Å²) in [6, 6.07) is 23.4. The van der Waals surface area contributed by atoms with Crippen LogP contribution in [0.2, 0.25) is 15.1 Å². The van der Waals surface area contributed by atoms with Crippen LogP contribution >= 0.6 is 47.0 Å². The van der Waals surface area contributed by atoms with Gasteiger partial charge in [-0.15, -0.1) is 0 Å². The van der Waals surface area contributed by atoms with E-state index in [1.165, 1.54) is 60.7 Å². The molecule has 0 bridgehead atoms. The Morgan fingerprint density at radius 2 is 1.32 bits per heavy atom. The SMILES string of the molecule is O=C(NC(=S)Nc1cc(Cl)c(Oc2ccc(S(=O)(=O)c3ccc(Cl)cc3)cc2)c(Cl)c1)c1ccccc1. The average Bonchev–Trinajstić information content (AvgIpc) is 2.87. The fourth-order valence-electron chi connectivity index (χ4n) is 3.21. The van der Waals surface area contributed by atoms with Crippen LogP contribution in [-0.4, -0.2) is 19.4 Å². The van der Waals surface area contributed by atoms with Gasteiger partial charge in [0.25, 0.3) is 5.91 Å². The van der Waals surface area contributed by atoms with Gasteiger partial charge in [0.15, 0.2) is 10.9 Å². The molecule has 0 fully saturated rings. The number of nitrogens with one attached hydrogen (secondary N) is 2. The lowest BCUT2D eigenvalue weighted by Crippen LogP contribution is -2.34. The van der Waals surface area contributed by atoms with Crippen LogP contribution in [0.25, 0.3) is 0 Å². The second-order valence-corrected chi connectivity index (χ2v) is 11.2. The minimum atomic E-state index is -3.72. The highest BCUT2D eigenvalue weighted by Crippen LogP contribution is 2.39. The summed E-state index contributed by atoms with van der Waals surface area (Å²) < 4.78 is 31.5. The quantitative estimate of drug-likeness (QED) is 0.227. The van der Waals surface area contributed by atoms with Gasteiger partial charge in [0, 0.05) is 16.3 Å². The highest BCUT2D eigenvalue weighted by molar-refractivity contribution is 7.91. The van der Waals surface area contributed by atoms with Crippen molar-refractivity contribution in [3.63, 3.8) is 0 Å². The van der Waals surface area contributed by atoms with Gasteiger partial charge in [0.05, 0.1) is 19.8 Å². The number of benzene rings is 4. The highest BCUT2D eigenvalue weighted by atomic mass is 35.5. The minimum absolute atomic E-state index is 0.0622. The summed E-state index contributed by atoms with van der Waals surface area (Å²) in [5.74, 6) is 0.128. The number of thiocarbonyl (C=S) groups is 1. The molecule has 4 aromatic rings. The Bertz CT molecular complexity index is 1540. The van der Waals surface area contributed by atoms with Crippen LogP contribution in [0.4, 0.5) is 5.69 Å². The van der Waals surface area contributed by atoms with Crippen molar-refractivity contribution in [2.24, 2.45) is 0 Å². The monoisotopic (exact) mass is 590 g/mol. The first-order valence-electron chi connectivity index (χ1n) is 10.6. The Morgan fingerprint density at radius 1 is 0.784 bits per heavy atom. The van der Waals surface area contributed by atoms with Gasteiger partial charge >= 0.3 is 0 Å². The summed E-state index contributed by atoms with van der Waals surface area (Å²) in [5, 5.41) is 6.28. The maximum atomic E-state index is 12.8. The van der Waals surface area contributed by atoms with E-state index in [1.807, 2.05) is 0 Å². The molecule has 0 atom stereocenters. The molecular weight excluding hydrogens is 575 g/mol. The molecule has 0 heterocycles. The number of anilines is 1. The number of amides is 1. The van der Waals surface area contributed by atoms with E-state index in [1.54, 1.807) is 30.3 Å². The summed E-state index contributed by atoms with van der Waals surface area (Å²) in [6.07, 6.45) is 0. The molecule has 4 aromatic carbocycles. The smallest absolute Gasteiger partial charge is 0.257 e. The van der Waals surface area contributed by atoms with Crippen molar-refractivity contribution in [2.45, 2.75) is 9.79 Å². The summed E-state index contributed by atoms with van der Waals surface area (Å²) in [7, 11) is -3.72. The van der Waals surface area contributed by atoms with Crippen LogP contribution in [0.15, 0.2) is 101 Å². The number of hydrogen-bond donors (Lipinski definition) is 2. The molecule has 0 aliphatic carbocycles. The summed E-state index contributed by atoms with van der Waals surface area (Å²) in [4.78, 5) is 12.5. The molecule has 188 valence electrons. The van der Waals surface area contributed by atoms with Gasteiger partial charge in [-0.3, -0.25) is 10.1 Å². The van der Waals surface area contributed by atoms with Gasteiger partial charge < -0.3 is 10.1 Å². The predicted molar refractivity (Wildman–Crippen MR) is 150 cm³/mol. The summed E-state index contributed by atoms with van der Waals surface area (Å²) >= 11 is 23.8. The van der Waals surface area contributed by atoms with Crippen molar-refractivity contribution in [1.29, 1.82) is 0 Å². The molecule has 0 unspecified atom stereocenters. The zero-order valence-corrected chi connectivity index (χ0v) is 22.6. The Labute approximate surface area is 234 Å². The van der Waals surface area contributed by atoms with Crippen LogP contribution in [-0.2, 0) is 9.84 Å². The number of hydrogen-bond acceptors (Lipinski definition) is 5. The van der Waals surface area contributed by atoms with Crippen LogP contribution in [0, 0.1) is 0 Å². The van der Waals surface area contributed by atoms with Crippen LogP contribution in [0.3, 0.4) is 0 Å². The van der Waals surface area contributed by atoms with Crippen molar-refractivity contribution in [1.82, 2.24) is 5.32 Å². The molecule has 0 radical (unpaired) electrons. The Hall–Kier alpha value is -3.14. The molecule has 37 heavy (non-hydrogen) atoms. The first kappa shape index (κ1) is 26.9. The van der Waals surface area contributed by atoms with Gasteiger partial charge in [0.2, 0.25) is 9.84 Å². The van der Waals surface area contributed by atoms with Crippen molar-refractivity contribution in [3.8, 4) is 11.5 Å². The van der Waals surface area contributed by atoms with E-state index in [0.717, 1.165) is 0 Å². The van der Waals surface area contributed by atoms with E-state index >= 15 is 0 Å². The molecule has 0 saturated heterocycles. The zero-order chi connectivity index (χ0) is 26.6. The lowest BCUT2D eigenvalue weighted by molar-refractivity contribution is 0.0977. The molecule has 2 N–H and O–H groups in total. The number of halogens is 3. The number of sulfone groups is 1. The third-order valence-electron chi connectivity index (χ3n) is 5.00. The van der Waals surface area contributed by atoms with Crippen molar-refractivity contribution in [3.05, 3.63) is 112 Å². The molecular formula is C26H17Cl3N2O4S2. The van der Waals surface area contributed by atoms with Crippen LogP contribution in [0.1, 0.15) is 10.4 Å². The second kappa shape index (κ2) is 11.5. The lowest BCUT2D eigenvalue weighted by Gasteiger charge is -2.14. The predicted octanol–water partition coefficient (Wildman–Crippen LogP) is 7.40. The fourth-order valence-corrected chi connectivity index (χ4v) is 5.37. The van der Waals surface area contributed by atoms with Gasteiger partial charge in [0.1, 0.15) is 5.75 Å². The van der Waals surface area contributed by atoms with Crippen molar-refractivity contribution >= 4 is 73.6 Å². The number of carbonyl (C=O) groups is 1. The van der Waals surface area contributed by atoms with Crippen molar-refractivity contribution in [2.75, 3.05) is 5.32 Å². The Morgan fingerprint density at radius 3 is 1.89 bits per heavy atom. The summed E-state index contributed by atoms with van der Waals surface area (Å²) in [6.45, 7) is 0. The molecule has 11 heteroatoms. The largest absolute Gasteiger partial charge is 0.454 e. The maximum absolute atomic E-state index is 12.8. The number of ether oxygens (including phenoxy) is 1. The molecule has 0 saturated carbocycles. The Kier molecular flexibility index (Phi) is 8.36. The normalized spacial score (nSPS) is 11.0. The van der Waals surface area contributed by atoms with E-state index in [4.69, 9.17) is 51.8 Å². The highest BCUT2D eigenvalue weighted by Gasteiger charge is 2.18. The van der Waals surface area contributed by atoms with Crippen molar-refractivity contribution < 1.29 is 17.9 Å². The van der Waals surface area contributed by atoms with E-state index in [-0.39, 0.29) is 36.6 Å². The van der Waals surface area contributed by atoms with E-state index < -0.39 is 9.84 Å². The molecule has 4 rings (SSSR count).